The number of hydrogen-bond donors (Lipinski definition) is 2. The fourth-order valence-corrected chi connectivity index (χ4v) is 14.4. The summed E-state index contributed by atoms with van der Waals surface area (Å²) >= 11 is 0. The molecule has 0 aromatic heterocycles. The monoisotopic (exact) mass is 721 g/mol. The van der Waals surface area contributed by atoms with E-state index in [4.69, 9.17) is 18.9 Å². The molecule has 2 heterocycles. The minimum atomic E-state index is -1.27. The average molecular weight is 722 g/mol. The first kappa shape index (κ1) is 36.9. The molecule has 2 aliphatic heterocycles. The Hall–Kier alpha value is -2.04. The van der Waals surface area contributed by atoms with Crippen molar-refractivity contribution in [1.82, 2.24) is 4.90 Å². The van der Waals surface area contributed by atoms with Gasteiger partial charge < -0.3 is 34.1 Å². The second-order valence-corrected chi connectivity index (χ2v) is 19.8. The van der Waals surface area contributed by atoms with Gasteiger partial charge >= 0.3 is 5.97 Å². The Labute approximate surface area is 310 Å². The van der Waals surface area contributed by atoms with Gasteiger partial charge in [0.2, 0.25) is 6.29 Å². The molecule has 52 heavy (non-hydrogen) atoms. The van der Waals surface area contributed by atoms with Crippen LogP contribution in [0.3, 0.4) is 0 Å². The normalized spacial score (nSPS) is 46.9. The molecule has 9 nitrogen and oxygen atoms in total. The van der Waals surface area contributed by atoms with E-state index in [1.54, 1.807) is 13.8 Å². The van der Waals surface area contributed by atoms with Gasteiger partial charge in [-0.15, -0.1) is 0 Å². The highest BCUT2D eigenvalue weighted by Crippen LogP contribution is 2.89. The number of amides is 1. The Balaban J connectivity index is 1.01. The number of rotatable bonds is 7. The molecule has 1 amide bonds. The van der Waals surface area contributed by atoms with Crippen molar-refractivity contribution < 1.29 is 38.7 Å². The number of hydrogen-bond acceptors (Lipinski definition) is 8. The molecule has 1 aromatic carbocycles. The van der Waals surface area contributed by atoms with Gasteiger partial charge in [0.15, 0.2) is 6.10 Å². The van der Waals surface area contributed by atoms with Crippen molar-refractivity contribution in [2.75, 3.05) is 13.2 Å². The minimum absolute atomic E-state index is 0.0699. The Morgan fingerprint density at radius 3 is 2.42 bits per heavy atom. The lowest BCUT2D eigenvalue weighted by Gasteiger charge is -2.63. The number of carbonyl (C=O) groups excluding carboxylic acids is 2. The molecule has 0 bridgehead atoms. The van der Waals surface area contributed by atoms with Crippen LogP contribution >= 0.6 is 0 Å². The van der Waals surface area contributed by atoms with Crippen molar-refractivity contribution in [2.45, 2.75) is 156 Å². The first-order chi connectivity index (χ1) is 24.4. The lowest BCUT2D eigenvalue weighted by molar-refractivity contribution is -0.244. The molecule has 9 heteroatoms. The summed E-state index contributed by atoms with van der Waals surface area (Å²) in [5, 5.41) is 23.7. The summed E-state index contributed by atoms with van der Waals surface area (Å²) in [4.78, 5) is 27.6. The van der Waals surface area contributed by atoms with E-state index in [0.717, 1.165) is 37.7 Å². The first-order valence-corrected chi connectivity index (χ1v) is 20.2. The molecule has 7 fully saturated rings. The summed E-state index contributed by atoms with van der Waals surface area (Å²) in [5.74, 6) is 0.765. The fourth-order valence-electron chi connectivity index (χ4n) is 14.4. The highest BCUT2D eigenvalue weighted by atomic mass is 16.7. The third kappa shape index (κ3) is 5.10. The maximum atomic E-state index is 13.6. The van der Waals surface area contributed by atoms with Crippen LogP contribution in [0.4, 0.5) is 0 Å². The zero-order valence-corrected chi connectivity index (χ0v) is 32.7. The van der Waals surface area contributed by atoms with Gasteiger partial charge in [-0.1, -0.05) is 65.0 Å². The van der Waals surface area contributed by atoms with Crippen molar-refractivity contribution in [3.8, 4) is 0 Å². The van der Waals surface area contributed by atoms with Gasteiger partial charge in [0.05, 0.1) is 36.6 Å². The topological polar surface area (TPSA) is 115 Å². The van der Waals surface area contributed by atoms with Crippen LogP contribution in [-0.4, -0.2) is 82.6 Å². The number of aliphatic hydroxyl groups excluding tert-OH is 1. The van der Waals surface area contributed by atoms with Crippen LogP contribution in [0.5, 0.6) is 0 Å². The third-order valence-electron chi connectivity index (χ3n) is 16.7. The summed E-state index contributed by atoms with van der Waals surface area (Å²) in [6.07, 6.45) is 4.99. The summed E-state index contributed by atoms with van der Waals surface area (Å²) in [6, 6.07) is 10.1. The summed E-state index contributed by atoms with van der Waals surface area (Å²) in [5.41, 5.74) is -0.327. The van der Waals surface area contributed by atoms with E-state index in [-0.39, 0.29) is 57.0 Å². The molecule has 0 radical (unpaired) electrons. The number of fused-ring (bicyclic) bond motifs is 4. The van der Waals surface area contributed by atoms with Crippen molar-refractivity contribution in [3.63, 3.8) is 0 Å². The maximum Gasteiger partial charge on any atom is 0.303 e. The van der Waals surface area contributed by atoms with Gasteiger partial charge in [0.25, 0.3) is 5.91 Å². The van der Waals surface area contributed by atoms with E-state index >= 15 is 0 Å². The van der Waals surface area contributed by atoms with E-state index < -0.39 is 36.2 Å². The van der Waals surface area contributed by atoms with Crippen molar-refractivity contribution >= 4 is 11.9 Å². The predicted octanol–water partition coefficient (Wildman–Crippen LogP) is 6.27. The molecule has 5 aliphatic carbocycles. The van der Waals surface area contributed by atoms with Crippen molar-refractivity contribution in [2.24, 2.45) is 50.7 Å². The highest BCUT2D eigenvalue weighted by Gasteiger charge is 2.84. The zero-order valence-electron chi connectivity index (χ0n) is 32.7. The number of ether oxygens (including phenoxy) is 4. The predicted molar refractivity (Wildman–Crippen MR) is 194 cm³/mol. The fraction of sp³-hybridized carbons (Fsp3) is 0.814. The number of aliphatic hydroxyl groups is 2. The molecule has 5 saturated carbocycles. The zero-order chi connectivity index (χ0) is 37.2. The summed E-state index contributed by atoms with van der Waals surface area (Å²) < 4.78 is 25.3. The largest absolute Gasteiger partial charge is 0.457 e. The molecular formula is C43H63NO8. The van der Waals surface area contributed by atoms with E-state index in [1.165, 1.54) is 19.8 Å². The highest BCUT2D eigenvalue weighted by molar-refractivity contribution is 5.80. The molecule has 14 atom stereocenters. The number of morpholine rings is 1. The molecule has 1 aromatic rings. The van der Waals surface area contributed by atoms with E-state index in [2.05, 4.69) is 46.8 Å². The van der Waals surface area contributed by atoms with E-state index in [9.17, 15) is 19.8 Å². The Kier molecular flexibility index (Phi) is 8.68. The first-order valence-electron chi connectivity index (χ1n) is 20.2. The van der Waals surface area contributed by atoms with Crippen molar-refractivity contribution in [3.05, 3.63) is 35.9 Å². The van der Waals surface area contributed by atoms with E-state index in [0.29, 0.717) is 38.0 Å². The van der Waals surface area contributed by atoms with Gasteiger partial charge in [-0.3, -0.25) is 9.59 Å². The van der Waals surface area contributed by atoms with Crippen molar-refractivity contribution in [1.29, 1.82) is 0 Å². The number of nitrogens with zero attached hydrogens (tertiary/aromatic N) is 1. The van der Waals surface area contributed by atoms with Crippen LogP contribution in [0.15, 0.2) is 30.3 Å². The van der Waals surface area contributed by atoms with Gasteiger partial charge in [-0.2, -0.15) is 0 Å². The number of carbonyl (C=O) groups is 2. The number of benzene rings is 1. The summed E-state index contributed by atoms with van der Waals surface area (Å²) in [6.45, 7) is 18.2. The second kappa shape index (κ2) is 12.2. The Bertz CT molecular complexity index is 1560. The molecule has 2 spiro atoms. The molecule has 3 unspecified atom stereocenters. The number of esters is 1. The molecule has 2 N–H and O–H groups in total. The molecule has 288 valence electrons. The van der Waals surface area contributed by atoms with Gasteiger partial charge in [-0.25, -0.2) is 0 Å². The SMILES string of the molecule is CC(=O)O[C@@H]([C@H]1C[C@@H](C)C2[C@H](O1)[C@H](O)[C@@]1(C)[C@@H]3CC[C@H]4C(C)(C)[C@@H](OC5OCCN(Cc6ccccc6)C5=O)CCC45C[C@@]35CC[C@]21C)C(C)(C)O. The molecule has 7 aliphatic rings. The molecule has 8 rings (SSSR count). The maximum absolute atomic E-state index is 13.6. The average Bonchev–Trinajstić information content (AvgIpc) is 3.71. The van der Waals surface area contributed by atoms with Crippen LogP contribution in [0.25, 0.3) is 0 Å². The van der Waals surface area contributed by atoms with Crippen LogP contribution in [0, 0.1) is 50.7 Å². The lowest BCUT2D eigenvalue weighted by atomic mass is 9.41. The van der Waals surface area contributed by atoms with Crippen LogP contribution in [0.1, 0.15) is 112 Å². The smallest absolute Gasteiger partial charge is 0.303 e. The standard InChI is InChI=1S/C43H63NO8/c1-25-22-28(35(39(5,6)48)50-26(2)45)51-33-32(25)40(7)18-19-43-24-42(43)17-16-31(38(3,4)29(42)14-15-30(43)41(40,8)34(33)46)52-37-36(47)44(20-21-49-37)23-27-12-10-9-11-13-27/h9-13,25,28-35,37,46,48H,14-24H2,1-8H3/t25-,28-,29+,30+,31+,32?,33+,34+,35+,37?,40-,41-,42?,43+/m1/s1. The van der Waals surface area contributed by atoms with Gasteiger partial charge in [-0.05, 0) is 116 Å². The summed E-state index contributed by atoms with van der Waals surface area (Å²) in [7, 11) is 0. The lowest BCUT2D eigenvalue weighted by Crippen LogP contribution is -2.60. The van der Waals surface area contributed by atoms with Crippen LogP contribution in [0.2, 0.25) is 0 Å². The quantitative estimate of drug-likeness (QED) is 0.317. The molecule has 2 saturated heterocycles. The van der Waals surface area contributed by atoms with Crippen LogP contribution in [-0.2, 0) is 35.1 Å². The Morgan fingerprint density at radius 1 is 1.04 bits per heavy atom. The minimum Gasteiger partial charge on any atom is -0.457 e. The van der Waals surface area contributed by atoms with Gasteiger partial charge in [0.1, 0.15) is 0 Å². The molecular weight excluding hydrogens is 658 g/mol. The second-order valence-electron chi connectivity index (χ2n) is 19.8. The third-order valence-corrected chi connectivity index (χ3v) is 16.7. The van der Waals surface area contributed by atoms with E-state index in [1.807, 2.05) is 23.1 Å². The van der Waals surface area contributed by atoms with Gasteiger partial charge in [0, 0.05) is 25.4 Å². The van der Waals surface area contributed by atoms with Crippen LogP contribution < -0.4 is 0 Å². The Morgan fingerprint density at radius 2 is 1.73 bits per heavy atom.